The van der Waals surface area contributed by atoms with Crippen LogP contribution in [0.3, 0.4) is 0 Å². The summed E-state index contributed by atoms with van der Waals surface area (Å²) in [6.45, 7) is 2.32. The third-order valence-corrected chi connectivity index (χ3v) is 10.9. The molecule has 8 nitrogen and oxygen atoms in total. The van der Waals surface area contributed by atoms with Crippen LogP contribution in [0.4, 0.5) is 0 Å². The molecule has 2 aromatic carbocycles. The molecule has 0 bridgehead atoms. The van der Waals surface area contributed by atoms with Crippen molar-refractivity contribution in [3.05, 3.63) is 83.9 Å². The summed E-state index contributed by atoms with van der Waals surface area (Å²) < 4.78 is 31.0. The number of amides is 1. The second-order valence-electron chi connectivity index (χ2n) is 11.0. The summed E-state index contributed by atoms with van der Waals surface area (Å²) in [5.74, 6) is 0.116. The lowest BCUT2D eigenvalue weighted by atomic mass is 9.67. The first-order valence-corrected chi connectivity index (χ1v) is 14.9. The van der Waals surface area contributed by atoms with Crippen molar-refractivity contribution >= 4 is 15.9 Å². The van der Waals surface area contributed by atoms with Gasteiger partial charge in [-0.25, -0.2) is 8.42 Å². The number of rotatable bonds is 6. The zero-order valence-electron chi connectivity index (χ0n) is 22.4. The molecule has 1 aromatic heterocycles. The maximum absolute atomic E-state index is 13.7. The van der Waals surface area contributed by atoms with E-state index in [2.05, 4.69) is 10.2 Å². The Morgan fingerprint density at radius 1 is 0.947 bits per heavy atom. The molecule has 0 radical (unpaired) electrons. The Hall–Kier alpha value is -3.04. The molecule has 1 amide bonds. The van der Waals surface area contributed by atoms with Crippen molar-refractivity contribution in [2.45, 2.75) is 74.7 Å². The average molecular weight is 536 g/mol. The molecule has 9 heteroatoms. The van der Waals surface area contributed by atoms with Gasteiger partial charge in [-0.3, -0.25) is 4.79 Å². The number of hydrogen-bond acceptors (Lipinski definition) is 5. The Balaban J connectivity index is 1.37. The number of sulfonamides is 1. The van der Waals surface area contributed by atoms with E-state index in [4.69, 9.17) is 0 Å². The van der Waals surface area contributed by atoms with Crippen LogP contribution in [0.5, 0.6) is 0 Å². The molecule has 0 spiro atoms. The van der Waals surface area contributed by atoms with Gasteiger partial charge in [-0.2, -0.15) is 4.31 Å². The highest BCUT2D eigenvalue weighted by atomic mass is 32.2. The second-order valence-corrected chi connectivity index (χ2v) is 13.1. The largest absolute Gasteiger partial charge is 0.348 e. The lowest BCUT2D eigenvalue weighted by molar-refractivity contribution is -0.136. The highest BCUT2D eigenvalue weighted by molar-refractivity contribution is 7.89. The van der Waals surface area contributed by atoms with E-state index >= 15 is 0 Å². The van der Waals surface area contributed by atoms with Crippen molar-refractivity contribution < 1.29 is 13.2 Å². The van der Waals surface area contributed by atoms with Gasteiger partial charge in [0.15, 0.2) is 0 Å². The van der Waals surface area contributed by atoms with Crippen LogP contribution in [0.1, 0.15) is 73.4 Å². The Morgan fingerprint density at radius 2 is 1.58 bits per heavy atom. The van der Waals surface area contributed by atoms with E-state index in [0.717, 1.165) is 48.8 Å². The SMILES string of the molecule is CC1CCC(c2ccccc2)S(=O)(=O)N1Cc1ccc(C2(C(=O)N(C)C)CCC(n3cnnc3)CC2)cc1. The lowest BCUT2D eigenvalue weighted by Gasteiger charge is -2.41. The molecule has 1 saturated heterocycles. The van der Waals surface area contributed by atoms with Crippen LogP contribution in [0.15, 0.2) is 67.3 Å². The van der Waals surface area contributed by atoms with E-state index in [0.29, 0.717) is 13.0 Å². The molecule has 202 valence electrons. The van der Waals surface area contributed by atoms with Gasteiger partial charge in [0, 0.05) is 32.7 Å². The van der Waals surface area contributed by atoms with Gasteiger partial charge in [-0.1, -0.05) is 54.6 Å². The van der Waals surface area contributed by atoms with Crippen LogP contribution in [0, 0.1) is 0 Å². The minimum Gasteiger partial charge on any atom is -0.348 e. The van der Waals surface area contributed by atoms with Gasteiger partial charge in [-0.15, -0.1) is 10.2 Å². The topological polar surface area (TPSA) is 88.4 Å². The molecular weight excluding hydrogens is 498 g/mol. The number of aromatic nitrogens is 3. The maximum Gasteiger partial charge on any atom is 0.232 e. The first-order chi connectivity index (χ1) is 18.2. The fourth-order valence-corrected chi connectivity index (χ4v) is 8.50. The summed E-state index contributed by atoms with van der Waals surface area (Å²) in [6.07, 6.45) is 8.16. The van der Waals surface area contributed by atoms with Gasteiger partial charge in [0.2, 0.25) is 15.9 Å². The Labute approximate surface area is 225 Å². The lowest BCUT2D eigenvalue weighted by Crippen LogP contribution is -2.46. The van der Waals surface area contributed by atoms with E-state index in [1.165, 1.54) is 0 Å². The number of benzene rings is 2. The predicted octanol–water partition coefficient (Wildman–Crippen LogP) is 4.47. The Kier molecular flexibility index (Phi) is 7.42. The molecule has 38 heavy (non-hydrogen) atoms. The summed E-state index contributed by atoms with van der Waals surface area (Å²) in [7, 11) is 0.131. The molecule has 3 aromatic rings. The first-order valence-electron chi connectivity index (χ1n) is 13.4. The van der Waals surface area contributed by atoms with Crippen LogP contribution < -0.4 is 0 Å². The molecule has 2 aliphatic rings. The van der Waals surface area contributed by atoms with Crippen molar-refractivity contribution in [1.29, 1.82) is 0 Å². The van der Waals surface area contributed by atoms with E-state index in [1.54, 1.807) is 21.9 Å². The van der Waals surface area contributed by atoms with Crippen LogP contribution in [-0.4, -0.2) is 58.4 Å². The molecule has 2 unspecified atom stereocenters. The third kappa shape index (κ3) is 4.89. The molecular formula is C29H37N5O3S. The van der Waals surface area contributed by atoms with Crippen LogP contribution in [0.25, 0.3) is 0 Å². The maximum atomic E-state index is 13.7. The van der Waals surface area contributed by atoms with Crippen LogP contribution in [-0.2, 0) is 26.8 Å². The number of nitrogens with zero attached hydrogens (tertiary/aromatic N) is 5. The van der Waals surface area contributed by atoms with E-state index < -0.39 is 20.7 Å². The quantitative estimate of drug-likeness (QED) is 0.465. The number of likely N-dealkylation sites (N-methyl/N-ethyl adjacent to an activating group) is 1. The minimum atomic E-state index is -3.50. The fraction of sp³-hybridized carbons (Fsp3) is 0.483. The molecule has 2 fully saturated rings. The number of carbonyl (C=O) groups is 1. The monoisotopic (exact) mass is 535 g/mol. The Bertz CT molecular complexity index is 1330. The Morgan fingerprint density at radius 3 is 2.18 bits per heavy atom. The second kappa shape index (κ2) is 10.6. The number of hydrogen-bond donors (Lipinski definition) is 0. The van der Waals surface area contributed by atoms with Crippen molar-refractivity contribution in [2.24, 2.45) is 0 Å². The molecule has 0 N–H and O–H groups in total. The van der Waals surface area contributed by atoms with Crippen molar-refractivity contribution in [1.82, 2.24) is 24.0 Å². The smallest absolute Gasteiger partial charge is 0.232 e. The molecule has 1 aliphatic heterocycles. The standard InChI is InChI=1S/C29H37N5O3S/c1-22-9-14-27(24-7-5-4-6-8-24)38(36,37)34(22)19-23-10-12-25(13-11-23)29(28(35)32(2)3)17-15-26(16-18-29)33-20-30-31-21-33/h4-8,10-13,20-22,26-27H,9,14-19H2,1-3H3. The van der Waals surface area contributed by atoms with Crippen molar-refractivity contribution in [3.8, 4) is 0 Å². The van der Waals surface area contributed by atoms with Gasteiger partial charge in [-0.05, 0) is 62.1 Å². The van der Waals surface area contributed by atoms with E-state index in [1.807, 2.05) is 80.2 Å². The zero-order valence-corrected chi connectivity index (χ0v) is 23.2. The highest BCUT2D eigenvalue weighted by Crippen LogP contribution is 2.44. The first kappa shape index (κ1) is 26.6. The molecule has 1 aliphatic carbocycles. The number of carbonyl (C=O) groups excluding carboxylic acids is 1. The van der Waals surface area contributed by atoms with E-state index in [9.17, 15) is 13.2 Å². The summed E-state index contributed by atoms with van der Waals surface area (Å²) in [5.41, 5.74) is 2.20. The summed E-state index contributed by atoms with van der Waals surface area (Å²) in [5, 5.41) is 7.37. The predicted molar refractivity (Wildman–Crippen MR) is 147 cm³/mol. The highest BCUT2D eigenvalue weighted by Gasteiger charge is 2.45. The van der Waals surface area contributed by atoms with Crippen molar-refractivity contribution in [3.63, 3.8) is 0 Å². The van der Waals surface area contributed by atoms with Gasteiger partial charge in [0.25, 0.3) is 0 Å². The van der Waals surface area contributed by atoms with Gasteiger partial charge in [0.1, 0.15) is 17.9 Å². The van der Waals surface area contributed by atoms with Gasteiger partial charge in [0.05, 0.1) is 5.41 Å². The minimum absolute atomic E-state index is 0.0609. The molecule has 5 rings (SSSR count). The molecule has 2 atom stereocenters. The third-order valence-electron chi connectivity index (χ3n) is 8.52. The molecule has 1 saturated carbocycles. The molecule has 2 heterocycles. The van der Waals surface area contributed by atoms with Gasteiger partial charge < -0.3 is 9.47 Å². The fourth-order valence-electron chi connectivity index (χ4n) is 6.31. The average Bonchev–Trinajstić information content (AvgIpc) is 3.46. The summed E-state index contributed by atoms with van der Waals surface area (Å²) in [6, 6.07) is 17.8. The van der Waals surface area contributed by atoms with Crippen LogP contribution in [0.2, 0.25) is 0 Å². The summed E-state index contributed by atoms with van der Waals surface area (Å²) in [4.78, 5) is 15.2. The zero-order chi connectivity index (χ0) is 26.9. The van der Waals surface area contributed by atoms with Crippen molar-refractivity contribution in [2.75, 3.05) is 14.1 Å². The summed E-state index contributed by atoms with van der Waals surface area (Å²) >= 11 is 0. The van der Waals surface area contributed by atoms with E-state index in [-0.39, 0.29) is 18.0 Å². The van der Waals surface area contributed by atoms with Gasteiger partial charge >= 0.3 is 0 Å². The normalized spacial score (nSPS) is 27.6. The van der Waals surface area contributed by atoms with Crippen LogP contribution >= 0.6 is 0 Å².